The van der Waals surface area contributed by atoms with Crippen molar-refractivity contribution in [1.29, 1.82) is 0 Å². The van der Waals surface area contributed by atoms with E-state index in [9.17, 15) is 43.4 Å². The van der Waals surface area contributed by atoms with Crippen LogP contribution in [0.4, 0.5) is 24.5 Å². The highest BCUT2D eigenvalue weighted by molar-refractivity contribution is 5.73. The van der Waals surface area contributed by atoms with Crippen LogP contribution in [0.1, 0.15) is 5.56 Å². The molecule has 6 N–H and O–H groups in total. The number of aliphatic hydroxyl groups is 3. The van der Waals surface area contributed by atoms with E-state index in [4.69, 9.17) is 20.3 Å². The summed E-state index contributed by atoms with van der Waals surface area (Å²) in [6.07, 6.45) is -15.2. The second-order valence-electron chi connectivity index (χ2n) is 5.51. The van der Waals surface area contributed by atoms with E-state index in [0.717, 1.165) is 0 Å². The van der Waals surface area contributed by atoms with Gasteiger partial charge in [-0.1, -0.05) is 0 Å². The lowest BCUT2D eigenvalue weighted by molar-refractivity contribution is -0.388. The lowest BCUT2D eigenvalue weighted by atomic mass is 9.99. The Morgan fingerprint density at radius 1 is 1.22 bits per heavy atom. The van der Waals surface area contributed by atoms with Crippen LogP contribution in [0.3, 0.4) is 0 Å². The summed E-state index contributed by atoms with van der Waals surface area (Å²) in [4.78, 5) is 20.6. The van der Waals surface area contributed by atoms with Gasteiger partial charge in [0.25, 0.3) is 5.69 Å². The van der Waals surface area contributed by atoms with Gasteiger partial charge in [0.1, 0.15) is 23.9 Å². The average molecular weight is 398 g/mol. The number of nitro benzene ring substituents is 1. The number of nitrogens with two attached hydrogens (primary N) is 1. The van der Waals surface area contributed by atoms with Crippen molar-refractivity contribution in [2.75, 3.05) is 5.73 Å². The van der Waals surface area contributed by atoms with Crippen LogP contribution in [-0.4, -0.2) is 62.0 Å². The van der Waals surface area contributed by atoms with Gasteiger partial charge in [0, 0.05) is 0 Å². The summed E-state index contributed by atoms with van der Waals surface area (Å²) in [7, 11) is 0. The van der Waals surface area contributed by atoms with E-state index in [1.165, 1.54) is 0 Å². The molecule has 1 fully saturated rings. The number of benzene rings is 1. The molecular formula is C13H13F3N2O9. The highest BCUT2D eigenvalue weighted by atomic mass is 19.4. The van der Waals surface area contributed by atoms with Gasteiger partial charge in [-0.2, -0.15) is 13.2 Å². The summed E-state index contributed by atoms with van der Waals surface area (Å²) in [5.74, 6) is -2.46. The molecule has 11 nitrogen and oxygen atoms in total. The molecule has 0 radical (unpaired) electrons. The van der Waals surface area contributed by atoms with Gasteiger partial charge in [0.2, 0.25) is 6.29 Å². The van der Waals surface area contributed by atoms with Crippen LogP contribution in [0.2, 0.25) is 0 Å². The van der Waals surface area contributed by atoms with Crippen LogP contribution >= 0.6 is 0 Å². The molecular weight excluding hydrogens is 385 g/mol. The molecule has 2 rings (SSSR count). The molecule has 0 aromatic heterocycles. The number of hydrogen-bond donors (Lipinski definition) is 5. The Hall–Kier alpha value is -2.68. The van der Waals surface area contributed by atoms with E-state index in [1.54, 1.807) is 0 Å². The molecule has 5 atom stereocenters. The Bertz CT molecular complexity index is 757. The molecule has 0 aliphatic carbocycles. The van der Waals surface area contributed by atoms with Crippen molar-refractivity contribution in [2.24, 2.45) is 0 Å². The molecule has 1 saturated heterocycles. The van der Waals surface area contributed by atoms with Gasteiger partial charge in [0.15, 0.2) is 11.9 Å². The number of anilines is 1. The van der Waals surface area contributed by atoms with Gasteiger partial charge in [0.05, 0.1) is 16.7 Å². The minimum Gasteiger partial charge on any atom is -0.479 e. The van der Waals surface area contributed by atoms with Gasteiger partial charge >= 0.3 is 12.1 Å². The number of carbonyl (C=O) groups is 1. The van der Waals surface area contributed by atoms with Gasteiger partial charge in [-0.05, 0) is 6.07 Å². The fourth-order valence-corrected chi connectivity index (χ4v) is 2.34. The second-order valence-corrected chi connectivity index (χ2v) is 5.51. The minimum absolute atomic E-state index is 0.225. The fourth-order valence-electron chi connectivity index (χ4n) is 2.34. The summed E-state index contributed by atoms with van der Waals surface area (Å²) in [5.41, 5.74) is 1.61. The topological polar surface area (TPSA) is 186 Å². The van der Waals surface area contributed by atoms with E-state index < -0.39 is 70.5 Å². The molecule has 1 aromatic carbocycles. The SMILES string of the molecule is Nc1cc(C(F)(F)F)c([N+](=O)[O-])cc1O[C@@H]1O[C@H](C(=O)O)[C@@H](O)[C@H](O)[C@H]1O. The largest absolute Gasteiger partial charge is 0.479 e. The Kier molecular flexibility index (Phi) is 5.46. The predicted octanol–water partition coefficient (Wildman–Crippen LogP) is -0.533. The second kappa shape index (κ2) is 7.15. The number of carboxylic acid groups (broad SMARTS) is 1. The third-order valence-corrected chi connectivity index (χ3v) is 3.69. The molecule has 1 aliphatic heterocycles. The first-order valence-electron chi connectivity index (χ1n) is 7.08. The van der Waals surface area contributed by atoms with Crippen molar-refractivity contribution in [3.05, 3.63) is 27.8 Å². The van der Waals surface area contributed by atoms with Crippen LogP contribution in [0, 0.1) is 10.1 Å². The van der Waals surface area contributed by atoms with E-state index in [1.807, 2.05) is 0 Å². The van der Waals surface area contributed by atoms with Crippen LogP contribution < -0.4 is 10.5 Å². The molecule has 1 heterocycles. The zero-order valence-electron chi connectivity index (χ0n) is 13.0. The standard InChI is InChI=1S/C13H13F3N2O9/c14-13(15,16)3-1-4(17)6(2-5(3)18(24)25)26-12-9(21)7(19)8(20)10(27-12)11(22)23/h1-2,7-10,12,19-21H,17H2,(H,22,23)/t7-,8-,9+,10-,12+/m0/s1. The first kappa shape index (κ1) is 20.6. The summed E-state index contributed by atoms with van der Waals surface area (Å²) in [6, 6.07) is 0.546. The molecule has 0 unspecified atom stereocenters. The van der Waals surface area contributed by atoms with E-state index in [2.05, 4.69) is 0 Å². The number of rotatable bonds is 4. The number of carboxylic acids is 1. The Morgan fingerprint density at radius 3 is 2.30 bits per heavy atom. The van der Waals surface area contributed by atoms with Gasteiger partial charge in [-0.3, -0.25) is 10.1 Å². The van der Waals surface area contributed by atoms with Crippen molar-refractivity contribution >= 4 is 17.3 Å². The van der Waals surface area contributed by atoms with Gasteiger partial charge in [-0.25, -0.2) is 4.79 Å². The Balaban J connectivity index is 2.40. The predicted molar refractivity (Wildman–Crippen MR) is 77.5 cm³/mol. The lowest BCUT2D eigenvalue weighted by Crippen LogP contribution is -2.61. The van der Waals surface area contributed by atoms with E-state index in [0.29, 0.717) is 6.07 Å². The first-order valence-corrected chi connectivity index (χ1v) is 7.08. The Morgan fingerprint density at radius 2 is 1.81 bits per heavy atom. The fraction of sp³-hybridized carbons (Fsp3) is 0.462. The molecule has 0 amide bonds. The number of aliphatic hydroxyl groups excluding tert-OH is 3. The maximum absolute atomic E-state index is 12.9. The molecule has 0 saturated carbocycles. The molecule has 0 spiro atoms. The van der Waals surface area contributed by atoms with Crippen LogP contribution in [0.5, 0.6) is 5.75 Å². The Labute approximate surface area is 147 Å². The molecule has 14 heteroatoms. The maximum Gasteiger partial charge on any atom is 0.423 e. The van der Waals surface area contributed by atoms with Crippen molar-refractivity contribution in [3.63, 3.8) is 0 Å². The highest BCUT2D eigenvalue weighted by Gasteiger charge is 2.48. The van der Waals surface area contributed by atoms with Crippen molar-refractivity contribution in [3.8, 4) is 5.75 Å². The quantitative estimate of drug-likeness (QED) is 0.251. The summed E-state index contributed by atoms with van der Waals surface area (Å²) in [6.45, 7) is 0. The smallest absolute Gasteiger partial charge is 0.423 e. The van der Waals surface area contributed by atoms with Crippen LogP contribution in [0.25, 0.3) is 0 Å². The van der Waals surface area contributed by atoms with Gasteiger partial charge < -0.3 is 35.6 Å². The minimum atomic E-state index is -5.09. The first-order chi connectivity index (χ1) is 12.3. The number of halogens is 3. The van der Waals surface area contributed by atoms with Crippen molar-refractivity contribution in [2.45, 2.75) is 36.9 Å². The monoisotopic (exact) mass is 398 g/mol. The normalized spacial score (nSPS) is 28.6. The number of alkyl halides is 3. The third kappa shape index (κ3) is 4.02. The molecule has 27 heavy (non-hydrogen) atoms. The summed E-state index contributed by atoms with van der Waals surface area (Å²) < 4.78 is 48.4. The number of nitrogen functional groups attached to an aromatic ring is 1. The van der Waals surface area contributed by atoms with Crippen LogP contribution in [0.15, 0.2) is 12.1 Å². The number of ether oxygens (including phenoxy) is 2. The van der Waals surface area contributed by atoms with E-state index >= 15 is 0 Å². The van der Waals surface area contributed by atoms with Crippen molar-refractivity contribution < 1.29 is 52.8 Å². The molecule has 1 aromatic rings. The molecule has 1 aliphatic rings. The third-order valence-electron chi connectivity index (χ3n) is 3.69. The number of aliphatic carboxylic acids is 1. The zero-order valence-corrected chi connectivity index (χ0v) is 13.0. The molecule has 0 bridgehead atoms. The van der Waals surface area contributed by atoms with E-state index in [-0.39, 0.29) is 6.07 Å². The van der Waals surface area contributed by atoms with Crippen LogP contribution in [-0.2, 0) is 15.7 Å². The number of nitrogens with zero attached hydrogens (tertiary/aromatic N) is 1. The zero-order chi connectivity index (χ0) is 20.7. The summed E-state index contributed by atoms with van der Waals surface area (Å²) >= 11 is 0. The summed E-state index contributed by atoms with van der Waals surface area (Å²) in [5, 5.41) is 48.9. The number of hydrogen-bond acceptors (Lipinski definition) is 9. The average Bonchev–Trinajstić information content (AvgIpc) is 2.55. The highest BCUT2D eigenvalue weighted by Crippen LogP contribution is 2.41. The number of nitro groups is 1. The van der Waals surface area contributed by atoms with Gasteiger partial charge in [-0.15, -0.1) is 0 Å². The lowest BCUT2D eigenvalue weighted by Gasteiger charge is -2.38. The van der Waals surface area contributed by atoms with Crippen molar-refractivity contribution in [1.82, 2.24) is 0 Å². The molecule has 150 valence electrons. The maximum atomic E-state index is 12.9.